The van der Waals surface area contributed by atoms with Gasteiger partial charge in [-0.2, -0.15) is 0 Å². The molecule has 2 aromatic rings. The summed E-state index contributed by atoms with van der Waals surface area (Å²) in [5.41, 5.74) is 2.74. The van der Waals surface area contributed by atoms with Crippen LogP contribution < -0.4 is 10.6 Å². The molecule has 3 rings (SSSR count). The summed E-state index contributed by atoms with van der Waals surface area (Å²) in [6.45, 7) is 1.57. The molecule has 1 heterocycles. The fraction of sp³-hybridized carbons (Fsp3) is 0.333. The summed E-state index contributed by atoms with van der Waals surface area (Å²) in [7, 11) is 1.79. The van der Waals surface area contributed by atoms with E-state index in [-0.39, 0.29) is 5.41 Å². The number of halogens is 1. The van der Waals surface area contributed by atoms with Crippen LogP contribution in [0.4, 0.5) is 0 Å². The first-order valence-corrected chi connectivity index (χ1v) is 8.20. The summed E-state index contributed by atoms with van der Waals surface area (Å²) in [4.78, 5) is 8.38. The molecule has 2 N–H and O–H groups in total. The smallest absolute Gasteiger partial charge is 0.191 e. The minimum Gasteiger partial charge on any atom is -0.356 e. The van der Waals surface area contributed by atoms with Crippen LogP contribution in [0.5, 0.6) is 0 Å². The van der Waals surface area contributed by atoms with Crippen molar-refractivity contribution in [3.8, 4) is 0 Å². The van der Waals surface area contributed by atoms with Crippen molar-refractivity contribution in [3.63, 3.8) is 0 Å². The largest absolute Gasteiger partial charge is 0.356 e. The maximum absolute atomic E-state index is 5.80. The number of guanidine groups is 1. The molecule has 1 fully saturated rings. The summed E-state index contributed by atoms with van der Waals surface area (Å²) in [6.07, 6.45) is 4.22. The van der Waals surface area contributed by atoms with Crippen molar-refractivity contribution in [1.82, 2.24) is 15.6 Å². The molecule has 0 atom stereocenters. The lowest BCUT2D eigenvalue weighted by Gasteiger charge is -2.19. The molecule has 0 unspecified atom stereocenters. The molecule has 0 aliphatic heterocycles. The van der Waals surface area contributed by atoms with Gasteiger partial charge in [-0.25, -0.2) is 4.98 Å². The number of nitrogens with zero attached hydrogens (tertiary/aromatic N) is 2. The quantitative estimate of drug-likeness (QED) is 0.503. The molecule has 1 aromatic heterocycles. The molecule has 23 heavy (non-hydrogen) atoms. The molecule has 0 radical (unpaired) electrons. The van der Waals surface area contributed by atoms with Gasteiger partial charge in [0.15, 0.2) is 5.96 Å². The molecule has 1 saturated carbocycles. The predicted molar refractivity (Wildman–Crippen MR) is 94.8 cm³/mol. The van der Waals surface area contributed by atoms with Crippen molar-refractivity contribution in [2.45, 2.75) is 24.8 Å². The van der Waals surface area contributed by atoms with Crippen molar-refractivity contribution in [2.75, 3.05) is 13.6 Å². The van der Waals surface area contributed by atoms with Gasteiger partial charge in [0.25, 0.3) is 0 Å². The van der Waals surface area contributed by atoms with Gasteiger partial charge in [0.2, 0.25) is 0 Å². The first kappa shape index (κ1) is 15.8. The van der Waals surface area contributed by atoms with E-state index < -0.39 is 0 Å². The molecule has 0 amide bonds. The van der Waals surface area contributed by atoms with Crippen LogP contribution in [0.3, 0.4) is 0 Å². The number of hydrogen-bond donors (Lipinski definition) is 2. The van der Waals surface area contributed by atoms with Crippen LogP contribution in [-0.4, -0.2) is 24.5 Å². The van der Waals surface area contributed by atoms with Gasteiger partial charge in [-0.3, -0.25) is 4.99 Å². The molecule has 1 aromatic carbocycles. The fourth-order valence-corrected chi connectivity index (χ4v) is 2.79. The molecule has 0 bridgehead atoms. The van der Waals surface area contributed by atoms with Crippen molar-refractivity contribution in [2.24, 2.45) is 4.99 Å². The van der Waals surface area contributed by atoms with Gasteiger partial charge in [0.05, 0.1) is 0 Å². The Kier molecular flexibility index (Phi) is 4.82. The molecule has 120 valence electrons. The Bertz CT molecular complexity index is 663. The lowest BCUT2D eigenvalue weighted by molar-refractivity contribution is 0.645. The summed E-state index contributed by atoms with van der Waals surface area (Å²) < 4.78 is 0. The molecule has 5 heteroatoms. The lowest BCUT2D eigenvalue weighted by Crippen LogP contribution is -2.40. The van der Waals surface area contributed by atoms with Crippen molar-refractivity contribution in [1.29, 1.82) is 0 Å². The molecule has 1 aliphatic carbocycles. The first-order valence-electron chi connectivity index (χ1n) is 7.82. The van der Waals surface area contributed by atoms with Crippen LogP contribution in [0.25, 0.3) is 0 Å². The number of pyridine rings is 1. The number of aromatic nitrogens is 1. The number of rotatable bonds is 5. The third-order valence-corrected chi connectivity index (χ3v) is 4.53. The molecular formula is C18H21ClN4. The van der Waals surface area contributed by atoms with Crippen LogP contribution in [-0.2, 0) is 12.0 Å². The van der Waals surface area contributed by atoms with Crippen molar-refractivity contribution < 1.29 is 0 Å². The van der Waals surface area contributed by atoms with E-state index in [9.17, 15) is 0 Å². The van der Waals surface area contributed by atoms with Crippen LogP contribution in [0, 0.1) is 0 Å². The van der Waals surface area contributed by atoms with Gasteiger partial charge in [0.1, 0.15) is 5.15 Å². The summed E-state index contributed by atoms with van der Waals surface area (Å²) in [5.74, 6) is 0.808. The average Bonchev–Trinajstić information content (AvgIpc) is 3.39. The van der Waals surface area contributed by atoms with Crippen LogP contribution in [0.1, 0.15) is 24.0 Å². The highest BCUT2D eigenvalue weighted by atomic mass is 35.5. The van der Waals surface area contributed by atoms with E-state index in [0.29, 0.717) is 11.7 Å². The van der Waals surface area contributed by atoms with E-state index in [0.717, 1.165) is 18.1 Å². The van der Waals surface area contributed by atoms with Crippen LogP contribution >= 0.6 is 11.6 Å². The number of benzene rings is 1. The third-order valence-electron chi connectivity index (χ3n) is 4.31. The molecule has 1 aliphatic rings. The highest BCUT2D eigenvalue weighted by Gasteiger charge is 2.43. The van der Waals surface area contributed by atoms with E-state index in [1.165, 1.54) is 18.4 Å². The van der Waals surface area contributed by atoms with Gasteiger partial charge < -0.3 is 10.6 Å². The van der Waals surface area contributed by atoms with E-state index in [1.54, 1.807) is 19.3 Å². The zero-order valence-electron chi connectivity index (χ0n) is 13.2. The van der Waals surface area contributed by atoms with Crippen molar-refractivity contribution in [3.05, 3.63) is 64.9 Å². The topological polar surface area (TPSA) is 49.3 Å². The van der Waals surface area contributed by atoms with Gasteiger partial charge in [-0.1, -0.05) is 48.0 Å². The standard InChI is InChI=1S/C18H21ClN4/c1-20-17(22-12-14-7-8-16(19)21-11-14)23-13-18(9-10-18)15-5-3-2-4-6-15/h2-8,11H,9-10,12-13H2,1H3,(H2,20,22,23). The summed E-state index contributed by atoms with van der Waals surface area (Å²) in [6, 6.07) is 14.5. The molecular weight excluding hydrogens is 308 g/mol. The van der Waals surface area contributed by atoms with E-state index in [1.807, 2.05) is 6.07 Å². The molecule has 0 saturated heterocycles. The number of aliphatic imine (C=N–C) groups is 1. The first-order chi connectivity index (χ1) is 11.2. The number of nitrogens with one attached hydrogen (secondary N) is 2. The Morgan fingerprint density at radius 1 is 1.17 bits per heavy atom. The highest BCUT2D eigenvalue weighted by molar-refractivity contribution is 6.29. The van der Waals surface area contributed by atoms with Crippen LogP contribution in [0.2, 0.25) is 5.15 Å². The summed E-state index contributed by atoms with van der Waals surface area (Å²) >= 11 is 5.80. The van der Waals surface area contributed by atoms with E-state index in [4.69, 9.17) is 11.6 Å². The Morgan fingerprint density at radius 2 is 1.96 bits per heavy atom. The molecule has 0 spiro atoms. The Balaban J connectivity index is 1.53. The van der Waals surface area contributed by atoms with E-state index in [2.05, 4.69) is 50.9 Å². The zero-order valence-corrected chi connectivity index (χ0v) is 14.0. The lowest BCUT2D eigenvalue weighted by atomic mass is 9.96. The van der Waals surface area contributed by atoms with Gasteiger partial charge in [-0.15, -0.1) is 0 Å². The Morgan fingerprint density at radius 3 is 2.57 bits per heavy atom. The van der Waals surface area contributed by atoms with Crippen LogP contribution in [0.15, 0.2) is 53.7 Å². The number of hydrogen-bond acceptors (Lipinski definition) is 2. The second-order valence-electron chi connectivity index (χ2n) is 5.91. The maximum Gasteiger partial charge on any atom is 0.191 e. The average molecular weight is 329 g/mol. The second kappa shape index (κ2) is 7.01. The SMILES string of the molecule is CN=C(NCc1ccc(Cl)nc1)NCC1(c2ccccc2)CC1. The van der Waals surface area contributed by atoms with Gasteiger partial charge in [-0.05, 0) is 30.0 Å². The Labute approximate surface area is 142 Å². The second-order valence-corrected chi connectivity index (χ2v) is 6.30. The highest BCUT2D eigenvalue weighted by Crippen LogP contribution is 2.47. The minimum absolute atomic E-state index is 0.265. The normalized spacial score (nSPS) is 16.0. The zero-order chi connectivity index (χ0) is 16.1. The summed E-state index contributed by atoms with van der Waals surface area (Å²) in [5, 5.41) is 7.27. The fourth-order valence-electron chi connectivity index (χ4n) is 2.68. The van der Waals surface area contributed by atoms with Crippen molar-refractivity contribution >= 4 is 17.6 Å². The monoisotopic (exact) mass is 328 g/mol. The Hall–Kier alpha value is -2.07. The van der Waals surface area contributed by atoms with Gasteiger partial charge >= 0.3 is 0 Å². The van der Waals surface area contributed by atoms with E-state index >= 15 is 0 Å². The van der Waals surface area contributed by atoms with Gasteiger partial charge in [0, 0.05) is 31.7 Å². The predicted octanol–water partition coefficient (Wildman–Crippen LogP) is 3.13. The third kappa shape index (κ3) is 4.02. The molecule has 4 nitrogen and oxygen atoms in total. The maximum atomic E-state index is 5.80. The minimum atomic E-state index is 0.265.